The zero-order valence-corrected chi connectivity index (χ0v) is 14.0. The van der Waals surface area contributed by atoms with Gasteiger partial charge in [0.05, 0.1) is 0 Å². The van der Waals surface area contributed by atoms with Gasteiger partial charge in [0.15, 0.2) is 11.0 Å². The summed E-state index contributed by atoms with van der Waals surface area (Å²) in [7, 11) is 2.03. The fourth-order valence-corrected chi connectivity index (χ4v) is 3.74. The van der Waals surface area contributed by atoms with E-state index < -0.39 is 0 Å². The first-order valence-corrected chi connectivity index (χ1v) is 8.63. The zero-order valence-electron chi connectivity index (χ0n) is 12.3. The summed E-state index contributed by atoms with van der Waals surface area (Å²) < 4.78 is 2.07. The van der Waals surface area contributed by atoms with Crippen LogP contribution in [0.5, 0.6) is 0 Å². The highest BCUT2D eigenvalue weighted by Gasteiger charge is 2.12. The summed E-state index contributed by atoms with van der Waals surface area (Å²) in [5, 5.41) is 11.7. The van der Waals surface area contributed by atoms with Crippen LogP contribution in [0.25, 0.3) is 11.4 Å². The van der Waals surface area contributed by atoms with E-state index in [1.165, 1.54) is 16.0 Å². The lowest BCUT2D eigenvalue weighted by molar-refractivity contribution is 0.794. The predicted octanol–water partition coefficient (Wildman–Crippen LogP) is 4.45. The van der Waals surface area contributed by atoms with Gasteiger partial charge in [-0.15, -0.1) is 21.5 Å². The van der Waals surface area contributed by atoms with E-state index >= 15 is 0 Å². The van der Waals surface area contributed by atoms with Gasteiger partial charge in [-0.05, 0) is 25.5 Å². The molecule has 1 aromatic carbocycles. The highest BCUT2D eigenvalue weighted by molar-refractivity contribution is 7.98. The maximum atomic E-state index is 4.33. The lowest BCUT2D eigenvalue weighted by Crippen LogP contribution is -1.94. The maximum absolute atomic E-state index is 4.33. The van der Waals surface area contributed by atoms with Crippen LogP contribution in [-0.2, 0) is 12.8 Å². The molecule has 0 bridgehead atoms. The summed E-state index contributed by atoms with van der Waals surface area (Å²) in [6.45, 7) is 4.23. The summed E-state index contributed by atoms with van der Waals surface area (Å²) in [6.07, 6.45) is 0. The molecule has 21 heavy (non-hydrogen) atoms. The Hall–Kier alpha value is -1.59. The van der Waals surface area contributed by atoms with Crippen LogP contribution in [0.1, 0.15) is 16.0 Å². The topological polar surface area (TPSA) is 30.7 Å². The van der Waals surface area contributed by atoms with Crippen molar-refractivity contribution in [3.63, 3.8) is 0 Å². The first-order valence-electron chi connectivity index (χ1n) is 6.77. The van der Waals surface area contributed by atoms with Gasteiger partial charge in [0.2, 0.25) is 0 Å². The van der Waals surface area contributed by atoms with Crippen LogP contribution in [0.4, 0.5) is 0 Å². The molecule has 0 N–H and O–H groups in total. The number of rotatable bonds is 4. The average Bonchev–Trinajstić information content (AvgIpc) is 3.03. The van der Waals surface area contributed by atoms with E-state index in [1.807, 2.05) is 7.05 Å². The number of thiophene rings is 1. The third-order valence-electron chi connectivity index (χ3n) is 3.27. The van der Waals surface area contributed by atoms with E-state index in [9.17, 15) is 0 Å². The Morgan fingerprint density at radius 1 is 1.19 bits per heavy atom. The van der Waals surface area contributed by atoms with Gasteiger partial charge in [-0.1, -0.05) is 41.6 Å². The van der Waals surface area contributed by atoms with Crippen molar-refractivity contribution in [3.05, 3.63) is 51.7 Å². The van der Waals surface area contributed by atoms with Gasteiger partial charge in [-0.3, -0.25) is 0 Å². The number of hydrogen-bond acceptors (Lipinski definition) is 4. The van der Waals surface area contributed by atoms with Crippen molar-refractivity contribution < 1.29 is 0 Å². The van der Waals surface area contributed by atoms with Crippen LogP contribution in [0.15, 0.2) is 40.9 Å². The van der Waals surface area contributed by atoms with Crippen molar-refractivity contribution >= 4 is 23.1 Å². The monoisotopic (exact) mass is 315 g/mol. The van der Waals surface area contributed by atoms with E-state index in [2.05, 4.69) is 64.3 Å². The van der Waals surface area contributed by atoms with Crippen molar-refractivity contribution in [2.24, 2.45) is 7.05 Å². The highest BCUT2D eigenvalue weighted by atomic mass is 32.2. The summed E-state index contributed by atoms with van der Waals surface area (Å²) >= 11 is 3.47. The number of nitrogens with zero attached hydrogens (tertiary/aromatic N) is 3. The van der Waals surface area contributed by atoms with Gasteiger partial charge in [0.25, 0.3) is 0 Å². The molecule has 0 radical (unpaired) electrons. The third kappa shape index (κ3) is 3.19. The lowest BCUT2D eigenvalue weighted by atomic mass is 10.2. The predicted molar refractivity (Wildman–Crippen MR) is 89.8 cm³/mol. The van der Waals surface area contributed by atoms with E-state index in [0.29, 0.717) is 0 Å². The second-order valence-corrected chi connectivity index (χ2v) is 7.15. The molecule has 0 saturated heterocycles. The molecule has 0 unspecified atom stereocenters. The van der Waals surface area contributed by atoms with Gasteiger partial charge in [0, 0.05) is 28.6 Å². The molecular weight excluding hydrogens is 298 g/mol. The third-order valence-corrected chi connectivity index (χ3v) is 5.23. The summed E-state index contributed by atoms with van der Waals surface area (Å²) in [5.41, 5.74) is 3.76. The maximum Gasteiger partial charge on any atom is 0.191 e. The molecule has 0 aliphatic rings. The van der Waals surface area contributed by atoms with Crippen LogP contribution in [-0.4, -0.2) is 14.8 Å². The number of hydrogen-bond donors (Lipinski definition) is 0. The largest absolute Gasteiger partial charge is 0.305 e. The standard InChI is InChI=1S/C16H17N3S2/c1-11-5-4-6-13(7-11)9-21-16-18-17-15(19(16)3)14-8-12(2)20-10-14/h4-8,10H,9H2,1-3H3. The van der Waals surface area contributed by atoms with Gasteiger partial charge in [0.1, 0.15) is 0 Å². The molecule has 5 heteroatoms. The Morgan fingerprint density at radius 2 is 2.05 bits per heavy atom. The van der Waals surface area contributed by atoms with E-state index in [0.717, 1.165) is 22.3 Å². The molecule has 0 aliphatic carbocycles. The minimum Gasteiger partial charge on any atom is -0.305 e. The first kappa shape index (κ1) is 14.4. The summed E-state index contributed by atoms with van der Waals surface area (Å²) in [5.74, 6) is 1.85. The second kappa shape index (κ2) is 6.03. The molecule has 0 atom stereocenters. The minimum absolute atomic E-state index is 0.913. The quantitative estimate of drug-likeness (QED) is 0.666. The minimum atomic E-state index is 0.913. The highest BCUT2D eigenvalue weighted by Crippen LogP contribution is 2.27. The molecule has 3 rings (SSSR count). The van der Waals surface area contributed by atoms with Crippen LogP contribution >= 0.6 is 23.1 Å². The van der Waals surface area contributed by atoms with Gasteiger partial charge in [-0.2, -0.15) is 0 Å². The molecule has 108 valence electrons. The van der Waals surface area contributed by atoms with Crippen LogP contribution < -0.4 is 0 Å². The molecule has 0 fully saturated rings. The smallest absolute Gasteiger partial charge is 0.191 e. The van der Waals surface area contributed by atoms with Gasteiger partial charge < -0.3 is 4.57 Å². The Morgan fingerprint density at radius 3 is 2.76 bits per heavy atom. The normalized spacial score (nSPS) is 11.0. The number of aryl methyl sites for hydroxylation is 2. The lowest BCUT2D eigenvalue weighted by Gasteiger charge is -2.03. The number of thioether (sulfide) groups is 1. The zero-order chi connectivity index (χ0) is 14.8. The van der Waals surface area contributed by atoms with Crippen molar-refractivity contribution in [2.75, 3.05) is 0 Å². The van der Waals surface area contributed by atoms with Crippen molar-refractivity contribution in [2.45, 2.75) is 24.8 Å². The molecule has 0 saturated carbocycles. The SMILES string of the molecule is Cc1cccc(CSc2nnc(-c3csc(C)c3)n2C)c1. The van der Waals surface area contributed by atoms with Crippen molar-refractivity contribution in [1.29, 1.82) is 0 Å². The van der Waals surface area contributed by atoms with Crippen LogP contribution in [0.2, 0.25) is 0 Å². The van der Waals surface area contributed by atoms with Crippen LogP contribution in [0.3, 0.4) is 0 Å². The summed E-state index contributed by atoms with van der Waals surface area (Å²) in [4.78, 5) is 1.29. The fraction of sp³-hybridized carbons (Fsp3) is 0.250. The van der Waals surface area contributed by atoms with Crippen molar-refractivity contribution in [3.8, 4) is 11.4 Å². The molecular formula is C16H17N3S2. The molecule has 2 heterocycles. The molecule has 0 spiro atoms. The van der Waals surface area contributed by atoms with Gasteiger partial charge in [-0.25, -0.2) is 0 Å². The molecule has 3 nitrogen and oxygen atoms in total. The van der Waals surface area contributed by atoms with E-state index in [1.54, 1.807) is 23.1 Å². The Labute approximate surface area is 133 Å². The van der Waals surface area contributed by atoms with E-state index in [4.69, 9.17) is 0 Å². The molecule has 2 aromatic heterocycles. The van der Waals surface area contributed by atoms with E-state index in [-0.39, 0.29) is 0 Å². The molecule has 3 aromatic rings. The first-order chi connectivity index (χ1) is 10.1. The fourth-order valence-electron chi connectivity index (χ4n) is 2.20. The average molecular weight is 315 g/mol. The Balaban J connectivity index is 1.77. The van der Waals surface area contributed by atoms with Gasteiger partial charge >= 0.3 is 0 Å². The molecule has 0 amide bonds. The Bertz CT molecular complexity index is 758. The number of benzene rings is 1. The molecule has 0 aliphatic heterocycles. The second-order valence-electron chi connectivity index (χ2n) is 5.09. The Kier molecular flexibility index (Phi) is 4.12. The van der Waals surface area contributed by atoms with Crippen LogP contribution in [0, 0.1) is 13.8 Å². The number of aromatic nitrogens is 3. The summed E-state index contributed by atoms with van der Waals surface area (Å²) in [6, 6.07) is 10.7. The van der Waals surface area contributed by atoms with Crippen molar-refractivity contribution in [1.82, 2.24) is 14.8 Å².